The average molecular weight is 284 g/mol. The van der Waals surface area contributed by atoms with Crippen LogP contribution in [-0.2, 0) is 11.3 Å². The van der Waals surface area contributed by atoms with E-state index in [9.17, 15) is 9.59 Å². The van der Waals surface area contributed by atoms with Crippen molar-refractivity contribution in [2.24, 2.45) is 0 Å². The third-order valence-electron chi connectivity index (χ3n) is 2.32. The van der Waals surface area contributed by atoms with Crippen LogP contribution in [0.5, 0.6) is 0 Å². The summed E-state index contributed by atoms with van der Waals surface area (Å²) < 4.78 is 5.24. The SMILES string of the molecule is CN(Cc1ccc(C=O)c(Cl)c1)C(=O)OC(C)(C)C. The van der Waals surface area contributed by atoms with Gasteiger partial charge in [-0.1, -0.05) is 17.7 Å². The summed E-state index contributed by atoms with van der Waals surface area (Å²) in [5.41, 5.74) is 0.749. The van der Waals surface area contributed by atoms with Crippen LogP contribution in [0, 0.1) is 0 Å². The molecule has 0 radical (unpaired) electrons. The van der Waals surface area contributed by atoms with Crippen LogP contribution in [0.2, 0.25) is 5.02 Å². The first-order chi connectivity index (χ1) is 8.73. The fraction of sp³-hybridized carbons (Fsp3) is 0.429. The van der Waals surface area contributed by atoms with Crippen molar-refractivity contribution in [3.8, 4) is 0 Å². The third kappa shape index (κ3) is 4.91. The lowest BCUT2D eigenvalue weighted by atomic mass is 10.1. The van der Waals surface area contributed by atoms with Gasteiger partial charge in [0.05, 0.1) is 5.02 Å². The Labute approximate surface area is 118 Å². The minimum Gasteiger partial charge on any atom is -0.444 e. The molecule has 0 fully saturated rings. The van der Waals surface area contributed by atoms with Gasteiger partial charge >= 0.3 is 6.09 Å². The standard InChI is InChI=1S/C14H18ClNO3/c1-14(2,3)19-13(18)16(4)8-10-5-6-11(9-17)12(15)7-10/h5-7,9H,8H2,1-4H3. The molecule has 0 spiro atoms. The fourth-order valence-corrected chi connectivity index (χ4v) is 1.69. The van der Waals surface area contributed by atoms with Crippen molar-refractivity contribution >= 4 is 24.0 Å². The molecule has 1 amide bonds. The number of carbonyl (C=O) groups excluding carboxylic acids is 2. The van der Waals surface area contributed by atoms with Crippen LogP contribution in [0.25, 0.3) is 0 Å². The van der Waals surface area contributed by atoms with Crippen molar-refractivity contribution in [1.82, 2.24) is 4.90 Å². The van der Waals surface area contributed by atoms with Gasteiger partial charge < -0.3 is 9.64 Å². The van der Waals surface area contributed by atoms with E-state index >= 15 is 0 Å². The highest BCUT2D eigenvalue weighted by Crippen LogP contribution is 2.18. The zero-order chi connectivity index (χ0) is 14.6. The molecule has 0 aliphatic carbocycles. The number of hydrogen-bond acceptors (Lipinski definition) is 3. The highest BCUT2D eigenvalue weighted by molar-refractivity contribution is 6.33. The highest BCUT2D eigenvalue weighted by Gasteiger charge is 2.19. The molecule has 0 aliphatic heterocycles. The number of rotatable bonds is 3. The van der Waals surface area contributed by atoms with E-state index in [0.29, 0.717) is 23.4 Å². The molecule has 0 N–H and O–H groups in total. The maximum Gasteiger partial charge on any atom is 0.410 e. The lowest BCUT2D eigenvalue weighted by Gasteiger charge is -2.24. The van der Waals surface area contributed by atoms with Gasteiger partial charge in [0.2, 0.25) is 0 Å². The van der Waals surface area contributed by atoms with Crippen molar-refractivity contribution in [2.75, 3.05) is 7.05 Å². The molecule has 0 aliphatic rings. The van der Waals surface area contributed by atoms with Crippen LogP contribution in [0.15, 0.2) is 18.2 Å². The average Bonchev–Trinajstić information content (AvgIpc) is 2.27. The van der Waals surface area contributed by atoms with Gasteiger partial charge in [-0.05, 0) is 38.5 Å². The molecule has 1 aromatic carbocycles. The van der Waals surface area contributed by atoms with Gasteiger partial charge in [0, 0.05) is 19.2 Å². The van der Waals surface area contributed by atoms with E-state index < -0.39 is 11.7 Å². The molecular formula is C14H18ClNO3. The van der Waals surface area contributed by atoms with Crippen molar-refractivity contribution in [2.45, 2.75) is 32.9 Å². The van der Waals surface area contributed by atoms with Gasteiger partial charge in [-0.3, -0.25) is 4.79 Å². The van der Waals surface area contributed by atoms with E-state index in [-0.39, 0.29) is 0 Å². The Kier molecular flexibility index (Phi) is 4.95. The lowest BCUT2D eigenvalue weighted by Crippen LogP contribution is -2.33. The smallest absolute Gasteiger partial charge is 0.410 e. The molecule has 0 bridgehead atoms. The van der Waals surface area contributed by atoms with Crippen LogP contribution in [0.4, 0.5) is 4.79 Å². The molecule has 1 rings (SSSR count). The number of carbonyl (C=O) groups is 2. The first kappa shape index (κ1) is 15.5. The predicted molar refractivity (Wildman–Crippen MR) is 74.5 cm³/mol. The molecule has 0 heterocycles. The summed E-state index contributed by atoms with van der Waals surface area (Å²) in [6.07, 6.45) is 0.298. The first-order valence-corrected chi connectivity index (χ1v) is 6.28. The second kappa shape index (κ2) is 6.06. The molecule has 0 aromatic heterocycles. The van der Waals surface area contributed by atoms with Crippen molar-refractivity contribution in [1.29, 1.82) is 0 Å². The van der Waals surface area contributed by atoms with Crippen LogP contribution >= 0.6 is 11.6 Å². The first-order valence-electron chi connectivity index (χ1n) is 5.90. The highest BCUT2D eigenvalue weighted by atomic mass is 35.5. The van der Waals surface area contributed by atoms with Gasteiger partial charge in [0.25, 0.3) is 0 Å². The number of hydrogen-bond donors (Lipinski definition) is 0. The number of aldehydes is 1. The molecule has 0 atom stereocenters. The minimum absolute atomic E-state index is 0.369. The van der Waals surface area contributed by atoms with E-state index in [1.165, 1.54) is 4.90 Å². The molecule has 5 heteroatoms. The van der Waals surface area contributed by atoms with Gasteiger partial charge in [-0.25, -0.2) is 4.79 Å². The normalized spacial score (nSPS) is 11.0. The molecular weight excluding hydrogens is 266 g/mol. The number of ether oxygens (including phenoxy) is 1. The largest absolute Gasteiger partial charge is 0.444 e. The van der Waals surface area contributed by atoms with E-state index in [4.69, 9.17) is 16.3 Å². The minimum atomic E-state index is -0.523. The summed E-state index contributed by atoms with van der Waals surface area (Å²) in [5.74, 6) is 0. The Morgan fingerprint density at radius 2 is 2.05 bits per heavy atom. The molecule has 19 heavy (non-hydrogen) atoms. The predicted octanol–water partition coefficient (Wildman–Crippen LogP) is 3.52. The van der Waals surface area contributed by atoms with Crippen LogP contribution < -0.4 is 0 Å². The van der Waals surface area contributed by atoms with Gasteiger partial charge in [-0.15, -0.1) is 0 Å². The molecule has 4 nitrogen and oxygen atoms in total. The van der Waals surface area contributed by atoms with Gasteiger partial charge in [-0.2, -0.15) is 0 Å². The molecule has 0 saturated heterocycles. The topological polar surface area (TPSA) is 46.6 Å². The zero-order valence-electron chi connectivity index (χ0n) is 11.6. The summed E-state index contributed by atoms with van der Waals surface area (Å²) in [7, 11) is 1.65. The van der Waals surface area contributed by atoms with E-state index in [0.717, 1.165) is 5.56 Å². The number of amides is 1. The van der Waals surface area contributed by atoms with E-state index in [1.807, 2.05) is 20.8 Å². The Hall–Kier alpha value is -1.55. The maximum absolute atomic E-state index is 11.8. The maximum atomic E-state index is 11.8. The molecule has 0 unspecified atom stereocenters. The summed E-state index contributed by atoms with van der Waals surface area (Å²) in [4.78, 5) is 23.9. The van der Waals surface area contributed by atoms with Crippen molar-refractivity contribution < 1.29 is 14.3 Å². The van der Waals surface area contributed by atoms with Crippen molar-refractivity contribution in [3.05, 3.63) is 34.3 Å². The van der Waals surface area contributed by atoms with Crippen LogP contribution in [0.3, 0.4) is 0 Å². The second-order valence-electron chi connectivity index (χ2n) is 5.31. The number of halogens is 1. The van der Waals surface area contributed by atoms with Crippen LogP contribution in [0.1, 0.15) is 36.7 Å². The molecule has 0 saturated carbocycles. The Bertz CT molecular complexity index is 480. The third-order valence-corrected chi connectivity index (χ3v) is 2.64. The summed E-state index contributed by atoms with van der Waals surface area (Å²) in [6, 6.07) is 5.07. The zero-order valence-corrected chi connectivity index (χ0v) is 12.3. The van der Waals surface area contributed by atoms with E-state index in [2.05, 4.69) is 0 Å². The molecule has 104 valence electrons. The van der Waals surface area contributed by atoms with Gasteiger partial charge in [0.1, 0.15) is 5.60 Å². The number of benzene rings is 1. The van der Waals surface area contributed by atoms with Crippen molar-refractivity contribution in [3.63, 3.8) is 0 Å². The fourth-order valence-electron chi connectivity index (χ4n) is 1.44. The summed E-state index contributed by atoms with van der Waals surface area (Å²) >= 11 is 5.93. The number of nitrogens with zero attached hydrogens (tertiary/aromatic N) is 1. The Morgan fingerprint density at radius 3 is 2.53 bits per heavy atom. The summed E-state index contributed by atoms with van der Waals surface area (Å²) in [6.45, 7) is 5.81. The van der Waals surface area contributed by atoms with Gasteiger partial charge in [0.15, 0.2) is 6.29 Å². The van der Waals surface area contributed by atoms with Crippen LogP contribution in [-0.4, -0.2) is 29.9 Å². The quantitative estimate of drug-likeness (QED) is 0.798. The monoisotopic (exact) mass is 283 g/mol. The second-order valence-corrected chi connectivity index (χ2v) is 5.72. The summed E-state index contributed by atoms with van der Waals surface area (Å²) in [5, 5.41) is 0.380. The lowest BCUT2D eigenvalue weighted by molar-refractivity contribution is 0.0285. The van der Waals surface area contributed by atoms with E-state index in [1.54, 1.807) is 25.2 Å². The Balaban J connectivity index is 2.71. The Morgan fingerprint density at radius 1 is 1.42 bits per heavy atom. The molecule has 1 aromatic rings.